The normalized spacial score (nSPS) is 18.4. The average molecular weight is 397 g/mol. The number of hydrogen-bond acceptors (Lipinski definition) is 7. The van der Waals surface area contributed by atoms with Crippen molar-refractivity contribution in [3.8, 4) is 5.69 Å². The summed E-state index contributed by atoms with van der Waals surface area (Å²) in [5, 5.41) is 22.6. The van der Waals surface area contributed by atoms with Crippen molar-refractivity contribution in [2.45, 2.75) is 55.5 Å². The van der Waals surface area contributed by atoms with Crippen molar-refractivity contribution in [2.24, 2.45) is 0 Å². The Bertz CT molecular complexity index is 927. The molecular formula is C19H24N8S. The first-order chi connectivity index (χ1) is 13.8. The van der Waals surface area contributed by atoms with Gasteiger partial charge < -0.3 is 4.90 Å². The molecule has 9 heteroatoms. The molecule has 2 aliphatic rings. The van der Waals surface area contributed by atoms with Gasteiger partial charge in [0.15, 0.2) is 11.0 Å². The molecule has 0 radical (unpaired) electrons. The zero-order chi connectivity index (χ0) is 18.9. The van der Waals surface area contributed by atoms with Gasteiger partial charge in [0.25, 0.3) is 0 Å². The third-order valence-electron chi connectivity index (χ3n) is 5.34. The minimum Gasteiger partial charge on any atom is -0.341 e. The lowest BCUT2D eigenvalue weighted by molar-refractivity contribution is 0.548. The third-order valence-corrected chi connectivity index (χ3v) is 6.39. The number of anilines is 1. The van der Waals surface area contributed by atoms with Crippen molar-refractivity contribution in [1.82, 2.24) is 35.0 Å². The highest BCUT2D eigenvalue weighted by Gasteiger charge is 2.33. The predicted octanol–water partition coefficient (Wildman–Crippen LogP) is 3.43. The van der Waals surface area contributed by atoms with Gasteiger partial charge in [-0.05, 0) is 61.6 Å². The Morgan fingerprint density at radius 3 is 2.54 bits per heavy atom. The minimum absolute atomic E-state index is 0.0612. The van der Waals surface area contributed by atoms with E-state index in [4.69, 9.17) is 0 Å². The van der Waals surface area contributed by atoms with Crippen LogP contribution in [0, 0.1) is 0 Å². The van der Waals surface area contributed by atoms with E-state index < -0.39 is 0 Å². The summed E-state index contributed by atoms with van der Waals surface area (Å²) in [6, 6.07) is 10.5. The van der Waals surface area contributed by atoms with Crippen LogP contribution in [0.3, 0.4) is 0 Å². The van der Waals surface area contributed by atoms with Crippen LogP contribution >= 0.6 is 11.8 Å². The molecule has 1 aliphatic heterocycles. The van der Waals surface area contributed by atoms with Gasteiger partial charge in [0.05, 0.1) is 10.9 Å². The molecule has 0 N–H and O–H groups in total. The highest BCUT2D eigenvalue weighted by Crippen LogP contribution is 2.44. The lowest BCUT2D eigenvalue weighted by Crippen LogP contribution is -2.31. The van der Waals surface area contributed by atoms with Crippen LogP contribution in [-0.4, -0.2) is 48.1 Å². The van der Waals surface area contributed by atoms with Gasteiger partial charge in [0.2, 0.25) is 5.95 Å². The Morgan fingerprint density at radius 1 is 1.00 bits per heavy atom. The lowest BCUT2D eigenvalue weighted by Gasteiger charge is -2.28. The third kappa shape index (κ3) is 3.39. The summed E-state index contributed by atoms with van der Waals surface area (Å²) in [5.41, 5.74) is 0.965. The number of tetrazole rings is 1. The van der Waals surface area contributed by atoms with E-state index in [1.165, 1.54) is 32.1 Å². The molecule has 0 bridgehead atoms. The van der Waals surface area contributed by atoms with E-state index in [2.05, 4.69) is 42.1 Å². The summed E-state index contributed by atoms with van der Waals surface area (Å²) in [6.07, 6.45) is 6.21. The van der Waals surface area contributed by atoms with Crippen molar-refractivity contribution >= 4 is 17.7 Å². The van der Waals surface area contributed by atoms with Crippen molar-refractivity contribution < 1.29 is 0 Å². The van der Waals surface area contributed by atoms with Crippen LogP contribution in [0.1, 0.15) is 56.1 Å². The van der Waals surface area contributed by atoms with Gasteiger partial charge >= 0.3 is 0 Å². The number of rotatable bonds is 6. The van der Waals surface area contributed by atoms with Crippen molar-refractivity contribution in [3.63, 3.8) is 0 Å². The van der Waals surface area contributed by atoms with Crippen molar-refractivity contribution in [2.75, 3.05) is 18.0 Å². The van der Waals surface area contributed by atoms with Crippen LogP contribution in [0.25, 0.3) is 5.69 Å². The Balaban J connectivity index is 1.41. The number of thioether (sulfide) groups is 1. The maximum Gasteiger partial charge on any atom is 0.228 e. The Morgan fingerprint density at radius 2 is 1.79 bits per heavy atom. The molecule has 8 nitrogen and oxygen atoms in total. The molecular weight excluding hydrogens is 372 g/mol. The maximum absolute atomic E-state index is 4.58. The summed E-state index contributed by atoms with van der Waals surface area (Å²) < 4.78 is 4.16. The van der Waals surface area contributed by atoms with Gasteiger partial charge in [-0.1, -0.05) is 30.0 Å². The molecule has 1 saturated heterocycles. The number of nitrogens with zero attached hydrogens (tertiary/aromatic N) is 8. The number of piperidine rings is 1. The molecule has 3 heterocycles. The summed E-state index contributed by atoms with van der Waals surface area (Å²) in [7, 11) is 0. The van der Waals surface area contributed by atoms with E-state index in [1.807, 2.05) is 30.3 Å². The van der Waals surface area contributed by atoms with Gasteiger partial charge in [-0.2, -0.15) is 4.68 Å². The second-order valence-electron chi connectivity index (χ2n) is 7.48. The number of benzene rings is 1. The second kappa shape index (κ2) is 7.54. The molecule has 2 aromatic heterocycles. The fraction of sp³-hybridized carbons (Fsp3) is 0.526. The fourth-order valence-electron chi connectivity index (χ4n) is 3.72. The summed E-state index contributed by atoms with van der Waals surface area (Å²) >= 11 is 1.69. The minimum atomic E-state index is 0.0612. The molecule has 0 amide bonds. The highest BCUT2D eigenvalue weighted by atomic mass is 32.2. The van der Waals surface area contributed by atoms with E-state index in [9.17, 15) is 0 Å². The number of hydrogen-bond donors (Lipinski definition) is 0. The molecule has 0 spiro atoms. The van der Waals surface area contributed by atoms with Crippen LogP contribution in [0.5, 0.6) is 0 Å². The topological polar surface area (TPSA) is 77.6 Å². The highest BCUT2D eigenvalue weighted by molar-refractivity contribution is 7.99. The van der Waals surface area contributed by atoms with Gasteiger partial charge in [0, 0.05) is 19.1 Å². The Kier molecular flexibility index (Phi) is 4.76. The predicted molar refractivity (Wildman–Crippen MR) is 108 cm³/mol. The molecule has 146 valence electrons. The van der Waals surface area contributed by atoms with Crippen LogP contribution < -0.4 is 4.90 Å². The van der Waals surface area contributed by atoms with Crippen LogP contribution in [0.2, 0.25) is 0 Å². The van der Waals surface area contributed by atoms with E-state index in [0.717, 1.165) is 35.7 Å². The molecule has 28 heavy (non-hydrogen) atoms. The lowest BCUT2D eigenvalue weighted by atomic mass is 10.1. The maximum atomic E-state index is 4.58. The van der Waals surface area contributed by atoms with Crippen LogP contribution in [0.15, 0.2) is 35.5 Å². The first-order valence-corrected chi connectivity index (χ1v) is 10.9. The quantitative estimate of drug-likeness (QED) is 0.591. The largest absolute Gasteiger partial charge is 0.341 e. The van der Waals surface area contributed by atoms with Crippen molar-refractivity contribution in [1.29, 1.82) is 0 Å². The van der Waals surface area contributed by atoms with E-state index in [-0.39, 0.29) is 5.25 Å². The van der Waals surface area contributed by atoms with Crippen LogP contribution in [0.4, 0.5) is 5.95 Å². The molecule has 1 saturated carbocycles. The molecule has 1 aromatic carbocycles. The number of para-hydroxylation sites is 1. The summed E-state index contributed by atoms with van der Waals surface area (Å²) in [6.45, 7) is 4.29. The van der Waals surface area contributed by atoms with Gasteiger partial charge in [-0.15, -0.1) is 15.3 Å². The van der Waals surface area contributed by atoms with E-state index in [1.54, 1.807) is 16.4 Å². The fourth-order valence-corrected chi connectivity index (χ4v) is 4.72. The molecule has 2 fully saturated rings. The Hall–Kier alpha value is -2.42. The molecule has 1 aliphatic carbocycles. The smallest absolute Gasteiger partial charge is 0.228 e. The van der Waals surface area contributed by atoms with Gasteiger partial charge in [0.1, 0.15) is 0 Å². The summed E-state index contributed by atoms with van der Waals surface area (Å²) in [5.74, 6) is 1.86. The van der Waals surface area contributed by atoms with Crippen molar-refractivity contribution in [3.05, 3.63) is 36.2 Å². The van der Waals surface area contributed by atoms with Crippen LogP contribution in [-0.2, 0) is 0 Å². The number of aromatic nitrogens is 7. The second-order valence-corrected chi connectivity index (χ2v) is 8.78. The standard InChI is InChI=1S/C19H24N8S/c1-14(17-20-23-24-27(17)16-8-4-2-5-9-16)28-19-22-21-18(26(19)15-10-11-15)25-12-6-3-7-13-25/h2,4-5,8-9,14-15H,3,6-7,10-13H2,1H3/t14-/m0/s1. The average Bonchev–Trinajstić information content (AvgIpc) is 3.30. The zero-order valence-corrected chi connectivity index (χ0v) is 16.8. The molecule has 3 aromatic rings. The zero-order valence-electron chi connectivity index (χ0n) is 16.0. The van der Waals surface area contributed by atoms with Gasteiger partial charge in [-0.25, -0.2) is 0 Å². The first-order valence-electron chi connectivity index (χ1n) is 10.0. The molecule has 5 rings (SSSR count). The van der Waals surface area contributed by atoms with Gasteiger partial charge in [-0.3, -0.25) is 4.57 Å². The SMILES string of the molecule is C[C@H](Sc1nnc(N2CCCCC2)n1C1CC1)c1nnnn1-c1ccccc1. The molecule has 0 unspecified atom stereocenters. The monoisotopic (exact) mass is 396 g/mol. The summed E-state index contributed by atoms with van der Waals surface area (Å²) in [4.78, 5) is 2.40. The first kappa shape index (κ1) is 17.7. The Labute approximate surface area is 168 Å². The van der Waals surface area contributed by atoms with E-state index in [0.29, 0.717) is 6.04 Å². The van der Waals surface area contributed by atoms with E-state index >= 15 is 0 Å². The molecule has 1 atom stereocenters.